The van der Waals surface area contributed by atoms with E-state index >= 15 is 0 Å². The van der Waals surface area contributed by atoms with E-state index in [-0.39, 0.29) is 5.91 Å². The molecule has 1 aliphatic rings. The normalized spacial score (nSPS) is 14.9. The van der Waals surface area contributed by atoms with Crippen LogP contribution in [-0.2, 0) is 6.42 Å². The summed E-state index contributed by atoms with van der Waals surface area (Å²) in [6, 6.07) is 8.20. The number of hydrogen-bond donors (Lipinski definition) is 0. The van der Waals surface area contributed by atoms with Crippen LogP contribution in [-0.4, -0.2) is 17.4 Å². The second-order valence-corrected chi connectivity index (χ2v) is 5.86. The monoisotopic (exact) mass is 272 g/mol. The Kier molecular flexibility index (Phi) is 3.34. The molecule has 0 saturated carbocycles. The number of aryl methyl sites for hydroxylation is 2. The topological polar surface area (TPSA) is 33.2 Å². The van der Waals surface area contributed by atoms with Crippen LogP contribution in [0.15, 0.2) is 29.6 Å². The van der Waals surface area contributed by atoms with Crippen molar-refractivity contribution < 1.29 is 4.79 Å². The van der Waals surface area contributed by atoms with Gasteiger partial charge in [0.05, 0.1) is 5.01 Å². The fourth-order valence-electron chi connectivity index (χ4n) is 2.50. The summed E-state index contributed by atoms with van der Waals surface area (Å²) in [5.74, 6) is 0.0266. The van der Waals surface area contributed by atoms with Crippen LogP contribution in [0.3, 0.4) is 0 Å². The number of benzene rings is 1. The Morgan fingerprint density at radius 2 is 2.16 bits per heavy atom. The molecule has 1 amide bonds. The third-order valence-corrected chi connectivity index (χ3v) is 4.22. The molecule has 0 spiro atoms. The number of fused-ring (bicyclic) bond motifs is 1. The van der Waals surface area contributed by atoms with Crippen molar-refractivity contribution in [2.24, 2.45) is 0 Å². The lowest BCUT2D eigenvalue weighted by Gasteiger charge is -2.21. The van der Waals surface area contributed by atoms with E-state index in [0.29, 0.717) is 5.69 Å². The zero-order valence-corrected chi connectivity index (χ0v) is 11.7. The van der Waals surface area contributed by atoms with E-state index in [1.807, 2.05) is 35.4 Å². The first-order chi connectivity index (χ1) is 9.25. The number of rotatable bonds is 1. The van der Waals surface area contributed by atoms with Gasteiger partial charge in [0.1, 0.15) is 5.69 Å². The summed E-state index contributed by atoms with van der Waals surface area (Å²) in [6.45, 7) is 2.71. The lowest BCUT2D eigenvalue weighted by molar-refractivity contribution is 0.0982. The van der Waals surface area contributed by atoms with Crippen molar-refractivity contribution in [3.63, 3.8) is 0 Å². The SMILES string of the molecule is Cc1nc(C(=O)N2CCCCc3ccccc32)cs1. The molecule has 1 aromatic heterocycles. The van der Waals surface area contributed by atoms with Gasteiger partial charge in [-0.1, -0.05) is 18.2 Å². The number of amides is 1. The molecule has 0 saturated heterocycles. The van der Waals surface area contributed by atoms with Gasteiger partial charge in [0.25, 0.3) is 5.91 Å². The van der Waals surface area contributed by atoms with Crippen molar-refractivity contribution in [3.05, 3.63) is 45.9 Å². The summed E-state index contributed by atoms with van der Waals surface area (Å²) in [4.78, 5) is 18.8. The van der Waals surface area contributed by atoms with E-state index in [1.54, 1.807) is 0 Å². The van der Waals surface area contributed by atoms with Crippen LogP contribution in [0, 0.1) is 6.92 Å². The van der Waals surface area contributed by atoms with Crippen LogP contribution < -0.4 is 4.90 Å². The first-order valence-corrected chi connectivity index (χ1v) is 7.45. The lowest BCUT2D eigenvalue weighted by Crippen LogP contribution is -2.32. The average molecular weight is 272 g/mol. The molecular formula is C15H16N2OS. The highest BCUT2D eigenvalue weighted by atomic mass is 32.1. The number of para-hydroxylation sites is 1. The van der Waals surface area contributed by atoms with Gasteiger partial charge >= 0.3 is 0 Å². The van der Waals surface area contributed by atoms with Crippen LogP contribution >= 0.6 is 11.3 Å². The molecule has 3 rings (SSSR count). The molecule has 0 radical (unpaired) electrons. The smallest absolute Gasteiger partial charge is 0.277 e. The molecule has 19 heavy (non-hydrogen) atoms. The maximum absolute atomic E-state index is 12.6. The quantitative estimate of drug-likeness (QED) is 0.796. The van der Waals surface area contributed by atoms with Crippen LogP contribution in [0.4, 0.5) is 5.69 Å². The Balaban J connectivity index is 1.98. The number of aromatic nitrogens is 1. The molecular weight excluding hydrogens is 256 g/mol. The molecule has 0 fully saturated rings. The first kappa shape index (κ1) is 12.4. The van der Waals surface area contributed by atoms with Gasteiger partial charge in [-0.3, -0.25) is 4.79 Å². The average Bonchev–Trinajstić information content (AvgIpc) is 2.74. The minimum absolute atomic E-state index is 0.0266. The maximum Gasteiger partial charge on any atom is 0.277 e. The van der Waals surface area contributed by atoms with Gasteiger partial charge < -0.3 is 4.90 Å². The zero-order chi connectivity index (χ0) is 13.2. The Morgan fingerprint density at radius 3 is 2.95 bits per heavy atom. The second kappa shape index (κ2) is 5.13. The van der Waals surface area contributed by atoms with Gasteiger partial charge in [0.15, 0.2) is 0 Å². The van der Waals surface area contributed by atoms with Gasteiger partial charge in [-0.05, 0) is 37.8 Å². The molecule has 0 bridgehead atoms. The van der Waals surface area contributed by atoms with Gasteiger partial charge in [0.2, 0.25) is 0 Å². The van der Waals surface area contributed by atoms with Gasteiger partial charge in [0, 0.05) is 17.6 Å². The second-order valence-electron chi connectivity index (χ2n) is 4.79. The van der Waals surface area contributed by atoms with Crippen molar-refractivity contribution in [3.8, 4) is 0 Å². The van der Waals surface area contributed by atoms with Gasteiger partial charge in [-0.25, -0.2) is 4.98 Å². The number of thiazole rings is 1. The molecule has 0 N–H and O–H groups in total. The summed E-state index contributed by atoms with van der Waals surface area (Å²) in [5, 5.41) is 2.79. The first-order valence-electron chi connectivity index (χ1n) is 6.57. The fourth-order valence-corrected chi connectivity index (χ4v) is 3.09. The van der Waals surface area contributed by atoms with E-state index in [0.717, 1.165) is 36.5 Å². The Hall–Kier alpha value is -1.68. The standard InChI is InChI=1S/C15H16N2OS/c1-11-16-13(10-19-11)15(18)17-9-5-4-7-12-6-2-3-8-14(12)17/h2-3,6,8,10H,4-5,7,9H2,1H3. The zero-order valence-electron chi connectivity index (χ0n) is 10.9. The Morgan fingerprint density at radius 1 is 1.32 bits per heavy atom. The van der Waals surface area contributed by atoms with E-state index in [2.05, 4.69) is 11.1 Å². The van der Waals surface area contributed by atoms with Crippen LogP contribution in [0.1, 0.15) is 33.9 Å². The number of carbonyl (C=O) groups excluding carboxylic acids is 1. The minimum Gasteiger partial charge on any atom is -0.307 e. The van der Waals surface area contributed by atoms with Crippen LogP contribution in [0.2, 0.25) is 0 Å². The number of carbonyl (C=O) groups is 1. The molecule has 0 aliphatic carbocycles. The Labute approximate surface area is 116 Å². The summed E-state index contributed by atoms with van der Waals surface area (Å²) in [6.07, 6.45) is 3.23. The highest BCUT2D eigenvalue weighted by Gasteiger charge is 2.23. The number of nitrogens with zero attached hydrogens (tertiary/aromatic N) is 2. The summed E-state index contributed by atoms with van der Waals surface area (Å²) in [7, 11) is 0. The molecule has 98 valence electrons. The van der Waals surface area contributed by atoms with Crippen LogP contribution in [0.5, 0.6) is 0 Å². The number of hydrogen-bond acceptors (Lipinski definition) is 3. The molecule has 2 heterocycles. The molecule has 2 aromatic rings. The van der Waals surface area contributed by atoms with Crippen molar-refractivity contribution in [2.45, 2.75) is 26.2 Å². The van der Waals surface area contributed by atoms with Crippen molar-refractivity contribution in [1.82, 2.24) is 4.98 Å². The number of anilines is 1. The van der Waals surface area contributed by atoms with E-state index in [9.17, 15) is 4.79 Å². The largest absolute Gasteiger partial charge is 0.307 e. The Bertz CT molecular complexity index is 606. The van der Waals surface area contributed by atoms with Gasteiger partial charge in [-0.15, -0.1) is 11.3 Å². The lowest BCUT2D eigenvalue weighted by atomic mass is 10.1. The minimum atomic E-state index is 0.0266. The predicted octanol–water partition coefficient (Wildman–Crippen LogP) is 3.43. The molecule has 1 aromatic carbocycles. The third-order valence-electron chi connectivity index (χ3n) is 3.44. The predicted molar refractivity (Wildman–Crippen MR) is 77.9 cm³/mol. The van der Waals surface area contributed by atoms with E-state index in [1.165, 1.54) is 16.9 Å². The summed E-state index contributed by atoms with van der Waals surface area (Å²) < 4.78 is 0. The van der Waals surface area contributed by atoms with Crippen molar-refractivity contribution >= 4 is 22.9 Å². The summed E-state index contributed by atoms with van der Waals surface area (Å²) >= 11 is 1.52. The van der Waals surface area contributed by atoms with Gasteiger partial charge in [-0.2, -0.15) is 0 Å². The molecule has 0 unspecified atom stereocenters. The van der Waals surface area contributed by atoms with Crippen molar-refractivity contribution in [1.29, 1.82) is 0 Å². The van der Waals surface area contributed by atoms with E-state index < -0.39 is 0 Å². The highest BCUT2D eigenvalue weighted by Crippen LogP contribution is 2.27. The molecule has 4 heteroatoms. The molecule has 3 nitrogen and oxygen atoms in total. The van der Waals surface area contributed by atoms with Crippen molar-refractivity contribution in [2.75, 3.05) is 11.4 Å². The fraction of sp³-hybridized carbons (Fsp3) is 0.333. The third kappa shape index (κ3) is 2.40. The summed E-state index contributed by atoms with van der Waals surface area (Å²) in [5.41, 5.74) is 2.88. The maximum atomic E-state index is 12.6. The molecule has 0 atom stereocenters. The van der Waals surface area contributed by atoms with E-state index in [4.69, 9.17) is 0 Å². The molecule has 1 aliphatic heterocycles. The highest BCUT2D eigenvalue weighted by molar-refractivity contribution is 7.09. The van der Waals surface area contributed by atoms with Crippen LogP contribution in [0.25, 0.3) is 0 Å².